The van der Waals surface area contributed by atoms with Gasteiger partial charge in [-0.15, -0.1) is 0 Å². The van der Waals surface area contributed by atoms with Gasteiger partial charge >= 0.3 is 5.97 Å². The predicted molar refractivity (Wildman–Crippen MR) is 94.0 cm³/mol. The molecule has 0 heterocycles. The molecule has 1 aromatic carbocycles. The minimum atomic E-state index is -3.63. The molecular formula is C16H23N3O5S. The van der Waals surface area contributed by atoms with Crippen LogP contribution in [0.5, 0.6) is 0 Å². The molecule has 1 fully saturated rings. The number of esters is 1. The molecule has 1 N–H and O–H groups in total. The first-order valence-corrected chi connectivity index (χ1v) is 9.27. The van der Waals surface area contributed by atoms with E-state index in [1.54, 1.807) is 25.1 Å². The Bertz CT molecular complexity index is 770. The molecule has 0 radical (unpaired) electrons. The van der Waals surface area contributed by atoms with Crippen molar-refractivity contribution in [3.63, 3.8) is 0 Å². The van der Waals surface area contributed by atoms with Crippen LogP contribution >= 0.6 is 0 Å². The SMILES string of the molecule is CN(C)c1ccc(S(=O)(=O)N(C)C)cc1NC(=O)COC(=O)C1CC1. The van der Waals surface area contributed by atoms with Crippen LogP contribution < -0.4 is 10.2 Å². The van der Waals surface area contributed by atoms with E-state index in [9.17, 15) is 18.0 Å². The molecule has 0 aromatic heterocycles. The van der Waals surface area contributed by atoms with E-state index in [-0.39, 0.29) is 16.8 Å². The number of ether oxygens (including phenoxy) is 1. The average molecular weight is 369 g/mol. The molecule has 1 aliphatic carbocycles. The zero-order valence-corrected chi connectivity index (χ0v) is 15.6. The summed E-state index contributed by atoms with van der Waals surface area (Å²) in [5.74, 6) is -0.970. The molecule has 1 saturated carbocycles. The van der Waals surface area contributed by atoms with Gasteiger partial charge in [0.1, 0.15) is 0 Å². The maximum Gasteiger partial charge on any atom is 0.309 e. The molecule has 0 unspecified atom stereocenters. The number of amides is 1. The van der Waals surface area contributed by atoms with Gasteiger partial charge < -0.3 is 15.0 Å². The fourth-order valence-electron chi connectivity index (χ4n) is 2.14. The Morgan fingerprint density at radius 3 is 2.36 bits per heavy atom. The summed E-state index contributed by atoms with van der Waals surface area (Å²) in [5, 5.41) is 2.62. The fourth-order valence-corrected chi connectivity index (χ4v) is 3.06. The molecule has 0 atom stereocenters. The molecule has 1 aliphatic rings. The second-order valence-corrected chi connectivity index (χ2v) is 8.44. The summed E-state index contributed by atoms with van der Waals surface area (Å²) >= 11 is 0. The number of carbonyl (C=O) groups excluding carboxylic acids is 2. The highest BCUT2D eigenvalue weighted by atomic mass is 32.2. The lowest BCUT2D eigenvalue weighted by molar-refractivity contribution is -0.148. The Balaban J connectivity index is 2.18. The maximum atomic E-state index is 12.3. The van der Waals surface area contributed by atoms with Crippen LogP contribution in [-0.4, -0.2) is 59.4 Å². The first-order valence-electron chi connectivity index (χ1n) is 7.83. The van der Waals surface area contributed by atoms with Crippen LogP contribution in [0.15, 0.2) is 23.1 Å². The van der Waals surface area contributed by atoms with Crippen molar-refractivity contribution in [2.45, 2.75) is 17.7 Å². The zero-order valence-electron chi connectivity index (χ0n) is 14.8. The molecule has 1 aromatic rings. The van der Waals surface area contributed by atoms with E-state index in [4.69, 9.17) is 4.74 Å². The average Bonchev–Trinajstić information content (AvgIpc) is 3.37. The molecule has 25 heavy (non-hydrogen) atoms. The summed E-state index contributed by atoms with van der Waals surface area (Å²) in [6.45, 7) is -0.396. The Hall–Kier alpha value is -2.13. The van der Waals surface area contributed by atoms with Crippen LogP contribution in [0.2, 0.25) is 0 Å². The summed E-state index contributed by atoms with van der Waals surface area (Å²) < 4.78 is 30.6. The van der Waals surface area contributed by atoms with Gasteiger partial charge in [-0.05, 0) is 31.0 Å². The lowest BCUT2D eigenvalue weighted by atomic mass is 10.2. The van der Waals surface area contributed by atoms with Gasteiger partial charge in [-0.1, -0.05) is 0 Å². The molecule has 0 saturated heterocycles. The number of sulfonamides is 1. The molecule has 1 amide bonds. The molecule has 138 valence electrons. The number of hydrogen-bond donors (Lipinski definition) is 1. The molecule has 0 spiro atoms. The highest BCUT2D eigenvalue weighted by Gasteiger charge is 2.31. The summed E-state index contributed by atoms with van der Waals surface area (Å²) in [6, 6.07) is 4.49. The lowest BCUT2D eigenvalue weighted by Gasteiger charge is -2.20. The van der Waals surface area contributed by atoms with E-state index in [2.05, 4.69) is 5.32 Å². The summed E-state index contributed by atoms with van der Waals surface area (Å²) in [6.07, 6.45) is 1.60. The number of hydrogen-bond acceptors (Lipinski definition) is 6. The molecule has 9 heteroatoms. The van der Waals surface area contributed by atoms with E-state index in [0.717, 1.165) is 17.1 Å². The Labute approximate surface area is 147 Å². The minimum Gasteiger partial charge on any atom is -0.455 e. The minimum absolute atomic E-state index is 0.0633. The molecular weight excluding hydrogens is 346 g/mol. The summed E-state index contributed by atoms with van der Waals surface area (Å²) in [7, 11) is 2.79. The van der Waals surface area contributed by atoms with Crippen molar-refractivity contribution in [2.24, 2.45) is 5.92 Å². The van der Waals surface area contributed by atoms with E-state index in [1.807, 2.05) is 0 Å². The fraction of sp³-hybridized carbons (Fsp3) is 0.500. The van der Waals surface area contributed by atoms with E-state index in [1.165, 1.54) is 26.2 Å². The molecule has 0 aliphatic heterocycles. The van der Waals surface area contributed by atoms with Crippen LogP contribution in [0.4, 0.5) is 11.4 Å². The third kappa shape index (κ3) is 4.70. The highest BCUT2D eigenvalue weighted by molar-refractivity contribution is 7.89. The number of benzene rings is 1. The lowest BCUT2D eigenvalue weighted by Crippen LogP contribution is -2.25. The van der Waals surface area contributed by atoms with Crippen molar-refractivity contribution in [2.75, 3.05) is 45.0 Å². The summed E-state index contributed by atoms with van der Waals surface area (Å²) in [5.41, 5.74) is 0.972. The van der Waals surface area contributed by atoms with Crippen LogP contribution in [0, 0.1) is 5.92 Å². The monoisotopic (exact) mass is 369 g/mol. The second kappa shape index (κ2) is 7.40. The standard InChI is InChI=1S/C16H23N3O5S/c1-18(2)14-8-7-12(25(22,23)19(3)4)9-13(14)17-15(20)10-24-16(21)11-5-6-11/h7-9,11H,5-6,10H2,1-4H3,(H,17,20). The smallest absolute Gasteiger partial charge is 0.309 e. The normalized spacial score (nSPS) is 14.3. The first kappa shape index (κ1) is 19.2. The van der Waals surface area contributed by atoms with Crippen LogP contribution in [0.1, 0.15) is 12.8 Å². The van der Waals surface area contributed by atoms with Crippen LogP contribution in [-0.2, 0) is 24.3 Å². The number of nitrogens with zero attached hydrogens (tertiary/aromatic N) is 2. The van der Waals surface area contributed by atoms with Crippen molar-refractivity contribution in [3.05, 3.63) is 18.2 Å². The number of anilines is 2. The Kier molecular flexibility index (Phi) is 5.69. The van der Waals surface area contributed by atoms with Gasteiger partial charge in [0.15, 0.2) is 6.61 Å². The van der Waals surface area contributed by atoms with Crippen molar-refractivity contribution in [3.8, 4) is 0 Å². The van der Waals surface area contributed by atoms with Gasteiger partial charge in [0.25, 0.3) is 5.91 Å². The predicted octanol–water partition coefficient (Wildman–Crippen LogP) is 0.895. The van der Waals surface area contributed by atoms with Gasteiger partial charge in [0.2, 0.25) is 10.0 Å². The van der Waals surface area contributed by atoms with Crippen molar-refractivity contribution < 1.29 is 22.7 Å². The number of nitrogens with one attached hydrogen (secondary N) is 1. The van der Waals surface area contributed by atoms with E-state index in [0.29, 0.717) is 11.4 Å². The summed E-state index contributed by atoms with van der Waals surface area (Å²) in [4.78, 5) is 25.4. The van der Waals surface area contributed by atoms with Gasteiger partial charge in [-0.2, -0.15) is 0 Å². The zero-order chi connectivity index (χ0) is 18.8. The van der Waals surface area contributed by atoms with Crippen LogP contribution in [0.25, 0.3) is 0 Å². The van der Waals surface area contributed by atoms with Gasteiger partial charge in [-0.3, -0.25) is 9.59 Å². The maximum absolute atomic E-state index is 12.3. The molecule has 0 bridgehead atoms. The quantitative estimate of drug-likeness (QED) is 0.717. The van der Waals surface area contributed by atoms with Crippen LogP contribution in [0.3, 0.4) is 0 Å². The Morgan fingerprint density at radius 2 is 1.84 bits per heavy atom. The Morgan fingerprint density at radius 1 is 1.20 bits per heavy atom. The topological polar surface area (TPSA) is 96.0 Å². The highest BCUT2D eigenvalue weighted by Crippen LogP contribution is 2.30. The number of rotatable bonds is 7. The van der Waals surface area contributed by atoms with Crippen molar-refractivity contribution in [1.82, 2.24) is 4.31 Å². The van der Waals surface area contributed by atoms with Gasteiger partial charge in [0, 0.05) is 28.2 Å². The third-order valence-electron chi connectivity index (χ3n) is 3.76. The van der Waals surface area contributed by atoms with Crippen molar-refractivity contribution in [1.29, 1.82) is 0 Å². The first-order chi connectivity index (χ1) is 11.6. The molecule has 2 rings (SSSR count). The van der Waals surface area contributed by atoms with Crippen molar-refractivity contribution >= 4 is 33.3 Å². The molecule has 8 nitrogen and oxygen atoms in total. The van der Waals surface area contributed by atoms with Gasteiger partial charge in [-0.25, -0.2) is 12.7 Å². The number of carbonyl (C=O) groups is 2. The third-order valence-corrected chi connectivity index (χ3v) is 5.57. The van der Waals surface area contributed by atoms with E-state index < -0.39 is 22.5 Å². The largest absolute Gasteiger partial charge is 0.455 e. The second-order valence-electron chi connectivity index (χ2n) is 6.29. The van der Waals surface area contributed by atoms with E-state index >= 15 is 0 Å². The van der Waals surface area contributed by atoms with Gasteiger partial charge in [0.05, 0.1) is 22.2 Å².